The van der Waals surface area contributed by atoms with E-state index in [1.807, 2.05) is 0 Å². The number of aryl methyl sites for hydroxylation is 1. The molecule has 0 N–H and O–H groups in total. The van der Waals surface area contributed by atoms with Crippen LogP contribution < -0.4 is 0 Å². The molecule has 0 radical (unpaired) electrons. The van der Waals surface area contributed by atoms with Crippen molar-refractivity contribution < 1.29 is 61.8 Å². The standard InChI is InChI=1S/C13H9F13OS/c14-8(15,10(18,19)12(22,23)24)9(16,17)11(20,21)13(25,26)27-4-1-2-7-3-5-28-6-7/h3,5-6H,1-2,4H2. The van der Waals surface area contributed by atoms with Gasteiger partial charge in [0.2, 0.25) is 0 Å². The van der Waals surface area contributed by atoms with E-state index in [1.54, 1.807) is 5.38 Å². The van der Waals surface area contributed by atoms with Crippen LogP contribution in [0.1, 0.15) is 12.0 Å². The van der Waals surface area contributed by atoms with Crippen LogP contribution in [0, 0.1) is 0 Å². The van der Waals surface area contributed by atoms with E-state index in [1.165, 1.54) is 11.4 Å². The SMILES string of the molecule is FC(F)(F)C(F)(F)C(F)(F)C(F)(F)C(F)(F)C(F)(F)OCCCc1ccsc1. The van der Waals surface area contributed by atoms with E-state index in [9.17, 15) is 57.1 Å². The molecule has 1 nitrogen and oxygen atoms in total. The van der Waals surface area contributed by atoms with Gasteiger partial charge in [0.05, 0.1) is 6.61 Å². The molecule has 0 bridgehead atoms. The summed E-state index contributed by atoms with van der Waals surface area (Å²) in [6, 6.07) is 1.48. The first-order chi connectivity index (χ1) is 12.3. The molecule has 1 heterocycles. The van der Waals surface area contributed by atoms with Crippen LogP contribution in [0.5, 0.6) is 0 Å². The summed E-state index contributed by atoms with van der Waals surface area (Å²) in [4.78, 5) is 0. The van der Waals surface area contributed by atoms with Gasteiger partial charge in [-0.25, -0.2) is 0 Å². The molecule has 28 heavy (non-hydrogen) atoms. The van der Waals surface area contributed by atoms with Crippen molar-refractivity contribution in [1.29, 1.82) is 0 Å². The molecule has 164 valence electrons. The number of alkyl halides is 13. The zero-order valence-corrected chi connectivity index (χ0v) is 13.9. The van der Waals surface area contributed by atoms with Gasteiger partial charge in [-0.2, -0.15) is 68.4 Å². The smallest absolute Gasteiger partial charge is 0.315 e. The molecule has 0 aliphatic rings. The third kappa shape index (κ3) is 4.04. The number of hydrogen-bond acceptors (Lipinski definition) is 2. The molecule has 1 aromatic heterocycles. The highest BCUT2D eigenvalue weighted by atomic mass is 32.1. The van der Waals surface area contributed by atoms with Crippen molar-refractivity contribution >= 4 is 11.3 Å². The fourth-order valence-corrected chi connectivity index (χ4v) is 2.46. The van der Waals surface area contributed by atoms with Crippen LogP contribution in [-0.2, 0) is 11.2 Å². The Bertz CT molecular complexity index is 635. The van der Waals surface area contributed by atoms with Crippen molar-refractivity contribution in [3.05, 3.63) is 22.4 Å². The fraction of sp³-hybridized carbons (Fsp3) is 0.692. The lowest BCUT2D eigenvalue weighted by molar-refractivity contribution is -0.465. The Morgan fingerprint density at radius 1 is 0.714 bits per heavy atom. The molecule has 0 fully saturated rings. The maximum atomic E-state index is 13.3. The van der Waals surface area contributed by atoms with Gasteiger partial charge >= 0.3 is 36.0 Å². The highest BCUT2D eigenvalue weighted by Crippen LogP contribution is 2.60. The minimum absolute atomic E-state index is 0.0795. The third-order valence-corrected chi connectivity index (χ3v) is 4.11. The summed E-state index contributed by atoms with van der Waals surface area (Å²) in [7, 11) is 0. The normalized spacial score (nSPS) is 15.2. The summed E-state index contributed by atoms with van der Waals surface area (Å²) in [6.07, 6.45) is -14.5. The monoisotopic (exact) mass is 460 g/mol. The summed E-state index contributed by atoms with van der Waals surface area (Å²) in [6.45, 7) is -1.41. The first-order valence-corrected chi connectivity index (χ1v) is 7.88. The minimum atomic E-state index is -7.91. The van der Waals surface area contributed by atoms with Crippen LogP contribution in [0.25, 0.3) is 0 Å². The van der Waals surface area contributed by atoms with E-state index >= 15 is 0 Å². The van der Waals surface area contributed by atoms with E-state index in [4.69, 9.17) is 0 Å². The van der Waals surface area contributed by atoms with Gasteiger partial charge < -0.3 is 4.74 Å². The van der Waals surface area contributed by atoms with E-state index in [0.717, 1.165) is 11.3 Å². The summed E-state index contributed by atoms with van der Waals surface area (Å²) in [5.41, 5.74) is 0.505. The van der Waals surface area contributed by atoms with Gasteiger partial charge in [-0.05, 0) is 35.2 Å². The van der Waals surface area contributed by atoms with Crippen molar-refractivity contribution in [3.8, 4) is 0 Å². The molecule has 0 unspecified atom stereocenters. The molecule has 0 saturated heterocycles. The van der Waals surface area contributed by atoms with Crippen molar-refractivity contribution in [2.24, 2.45) is 0 Å². The molecule has 0 atom stereocenters. The first-order valence-electron chi connectivity index (χ1n) is 6.94. The molecule has 0 saturated carbocycles. The van der Waals surface area contributed by atoms with Crippen molar-refractivity contribution in [3.63, 3.8) is 0 Å². The number of hydrogen-bond donors (Lipinski definition) is 0. The Morgan fingerprint density at radius 2 is 1.21 bits per heavy atom. The second-order valence-corrected chi connectivity index (χ2v) is 6.18. The van der Waals surface area contributed by atoms with Crippen LogP contribution >= 0.6 is 11.3 Å². The molecule has 0 aliphatic heterocycles. The summed E-state index contributed by atoms with van der Waals surface area (Å²) < 4.78 is 170. The van der Waals surface area contributed by atoms with Gasteiger partial charge in [0.1, 0.15) is 0 Å². The predicted molar refractivity (Wildman–Crippen MR) is 69.4 cm³/mol. The quantitative estimate of drug-likeness (QED) is 0.307. The first kappa shape index (κ1) is 24.8. The lowest BCUT2D eigenvalue weighted by atomic mass is 9.97. The van der Waals surface area contributed by atoms with E-state index in [-0.39, 0.29) is 6.42 Å². The Balaban J connectivity index is 3.01. The summed E-state index contributed by atoms with van der Waals surface area (Å²) in [5.74, 6) is -30.9. The highest BCUT2D eigenvalue weighted by Gasteiger charge is 2.91. The molecular formula is C13H9F13OS. The zero-order chi connectivity index (χ0) is 22.2. The number of thiophene rings is 1. The lowest BCUT2D eigenvalue weighted by Gasteiger charge is -2.39. The zero-order valence-electron chi connectivity index (χ0n) is 13.1. The molecule has 0 spiro atoms. The number of halogens is 13. The van der Waals surface area contributed by atoms with Gasteiger partial charge in [0.15, 0.2) is 0 Å². The van der Waals surface area contributed by atoms with Crippen LogP contribution in [-0.4, -0.2) is 42.6 Å². The largest absolute Gasteiger partial charge is 0.460 e. The van der Waals surface area contributed by atoms with Gasteiger partial charge in [-0.15, -0.1) is 0 Å². The molecule has 0 aliphatic carbocycles. The molecular weight excluding hydrogens is 451 g/mol. The van der Waals surface area contributed by atoms with Crippen molar-refractivity contribution in [2.45, 2.75) is 48.8 Å². The lowest BCUT2D eigenvalue weighted by Crippen LogP contribution is -2.70. The summed E-state index contributed by atoms with van der Waals surface area (Å²) in [5, 5.41) is 3.04. The van der Waals surface area contributed by atoms with Crippen LogP contribution in [0.2, 0.25) is 0 Å². The van der Waals surface area contributed by atoms with Crippen LogP contribution in [0.3, 0.4) is 0 Å². The van der Waals surface area contributed by atoms with E-state index in [2.05, 4.69) is 4.74 Å². The van der Waals surface area contributed by atoms with E-state index < -0.39 is 49.0 Å². The molecule has 1 rings (SSSR count). The molecule has 0 aromatic carbocycles. The minimum Gasteiger partial charge on any atom is -0.315 e. The maximum Gasteiger partial charge on any atom is 0.460 e. The second kappa shape index (κ2) is 7.54. The summed E-state index contributed by atoms with van der Waals surface area (Å²) >= 11 is 1.16. The molecule has 15 heteroatoms. The van der Waals surface area contributed by atoms with Crippen LogP contribution in [0.4, 0.5) is 57.1 Å². The average molecular weight is 460 g/mol. The third-order valence-electron chi connectivity index (χ3n) is 3.38. The van der Waals surface area contributed by atoms with Gasteiger partial charge in [-0.1, -0.05) is 0 Å². The average Bonchev–Trinajstić information content (AvgIpc) is 3.03. The second-order valence-electron chi connectivity index (χ2n) is 5.40. The molecule has 1 aromatic rings. The van der Waals surface area contributed by atoms with Gasteiger partial charge in [0.25, 0.3) is 0 Å². The predicted octanol–water partition coefficient (Wildman–Crippen LogP) is 6.39. The Labute approximate surface area is 152 Å². The fourth-order valence-electron chi connectivity index (χ4n) is 1.76. The molecule has 0 amide bonds. The maximum absolute atomic E-state index is 13.3. The van der Waals surface area contributed by atoms with Crippen molar-refractivity contribution in [1.82, 2.24) is 0 Å². The highest BCUT2D eigenvalue weighted by molar-refractivity contribution is 7.07. The topological polar surface area (TPSA) is 9.23 Å². The number of ether oxygens (including phenoxy) is 1. The van der Waals surface area contributed by atoms with Gasteiger partial charge in [-0.3, -0.25) is 0 Å². The van der Waals surface area contributed by atoms with Crippen LogP contribution in [0.15, 0.2) is 16.8 Å². The van der Waals surface area contributed by atoms with E-state index in [0.29, 0.717) is 5.56 Å². The Kier molecular flexibility index (Phi) is 6.67. The van der Waals surface area contributed by atoms with Gasteiger partial charge in [0, 0.05) is 0 Å². The number of rotatable bonds is 9. The Morgan fingerprint density at radius 3 is 1.64 bits per heavy atom. The Hall–Kier alpha value is -1.25. The van der Waals surface area contributed by atoms with Crippen molar-refractivity contribution in [2.75, 3.05) is 6.61 Å².